The van der Waals surface area contributed by atoms with Gasteiger partial charge in [0.2, 0.25) is 0 Å². The Balaban J connectivity index is 4.96. The van der Waals surface area contributed by atoms with Crippen molar-refractivity contribution in [1.29, 1.82) is 0 Å². The normalized spacial score (nSPS) is 13.1. The molecule has 0 fully saturated rings. The van der Waals surface area contributed by atoms with Crippen molar-refractivity contribution >= 4 is 18.4 Å². The van der Waals surface area contributed by atoms with E-state index < -0.39 is 18.4 Å². The molecule has 0 aliphatic carbocycles. The first-order valence-electron chi connectivity index (χ1n) is 8.62. The van der Waals surface area contributed by atoms with E-state index in [1.165, 1.54) is 44.1 Å². The Morgan fingerprint density at radius 3 is 1.70 bits per heavy atom. The van der Waals surface area contributed by atoms with E-state index in [4.69, 9.17) is 0 Å². The van der Waals surface area contributed by atoms with Crippen LogP contribution in [0.15, 0.2) is 34.5 Å². The van der Waals surface area contributed by atoms with E-state index >= 15 is 0 Å². The molecular weight excluding hydrogens is 347 g/mol. The van der Waals surface area contributed by atoms with Gasteiger partial charge in [0.25, 0.3) is 0 Å². The fourth-order valence-corrected chi connectivity index (χ4v) is 16.7. The van der Waals surface area contributed by atoms with Gasteiger partial charge in [0, 0.05) is 0 Å². The molecule has 0 nitrogen and oxygen atoms in total. The van der Waals surface area contributed by atoms with E-state index in [1.807, 2.05) is 6.08 Å². The van der Waals surface area contributed by atoms with E-state index in [2.05, 4.69) is 50.5 Å². The quantitative estimate of drug-likeness (QED) is 0.250. The molecular formula is C19H36Sn. The molecule has 20 heavy (non-hydrogen) atoms. The van der Waals surface area contributed by atoms with Gasteiger partial charge in [-0.05, 0) is 0 Å². The molecule has 0 rings (SSSR count). The van der Waals surface area contributed by atoms with Gasteiger partial charge in [0.1, 0.15) is 0 Å². The van der Waals surface area contributed by atoms with E-state index in [9.17, 15) is 0 Å². The van der Waals surface area contributed by atoms with Crippen LogP contribution in [0.3, 0.4) is 0 Å². The third-order valence-corrected chi connectivity index (χ3v) is 18.3. The van der Waals surface area contributed by atoms with E-state index in [-0.39, 0.29) is 0 Å². The van der Waals surface area contributed by atoms with Gasteiger partial charge in [-0.2, -0.15) is 0 Å². The number of unbranched alkanes of at least 4 members (excludes halogenated alkanes) is 3. The zero-order chi connectivity index (χ0) is 15.3. The minimum atomic E-state index is -2.03. The third kappa shape index (κ3) is 9.05. The Bertz CT molecular complexity index is 277. The number of rotatable bonds is 12. The fourth-order valence-electron chi connectivity index (χ4n) is 2.68. The number of hydrogen-bond acceptors (Lipinski definition) is 0. The molecule has 0 amide bonds. The number of allylic oxidation sites excluding steroid dienone is 4. The van der Waals surface area contributed by atoms with Crippen LogP contribution in [0.25, 0.3) is 0 Å². The molecule has 0 N–H and O–H groups in total. The third-order valence-electron chi connectivity index (χ3n) is 4.22. The summed E-state index contributed by atoms with van der Waals surface area (Å²) in [5.74, 6) is 0. The van der Waals surface area contributed by atoms with Crippen molar-refractivity contribution in [2.45, 2.75) is 79.5 Å². The second-order valence-electron chi connectivity index (χ2n) is 6.15. The van der Waals surface area contributed by atoms with Crippen LogP contribution in [0.4, 0.5) is 0 Å². The van der Waals surface area contributed by atoms with Crippen molar-refractivity contribution < 1.29 is 0 Å². The topological polar surface area (TPSA) is 0 Å². The summed E-state index contributed by atoms with van der Waals surface area (Å²) >= 11 is -2.03. The first-order valence-corrected chi connectivity index (χ1v) is 16.3. The summed E-state index contributed by atoms with van der Waals surface area (Å²) < 4.78 is 7.39. The van der Waals surface area contributed by atoms with Crippen LogP contribution in [0.2, 0.25) is 13.3 Å². The van der Waals surface area contributed by atoms with E-state index in [1.54, 1.807) is 13.3 Å². The van der Waals surface area contributed by atoms with Crippen LogP contribution in [0.1, 0.15) is 66.2 Å². The summed E-state index contributed by atoms with van der Waals surface area (Å²) in [7, 11) is 0. The molecule has 0 aromatic carbocycles. The predicted octanol–water partition coefficient (Wildman–Crippen LogP) is 7.06. The van der Waals surface area contributed by atoms with Crippen LogP contribution in [-0.4, -0.2) is 18.4 Å². The van der Waals surface area contributed by atoms with Gasteiger partial charge in [-0.3, -0.25) is 0 Å². The molecule has 0 radical (unpaired) electrons. The second kappa shape index (κ2) is 12.7. The van der Waals surface area contributed by atoms with Crippen LogP contribution in [0, 0.1) is 0 Å². The maximum atomic E-state index is 3.84. The minimum absolute atomic E-state index is 1.28. The predicted molar refractivity (Wildman–Crippen MR) is 98.0 cm³/mol. The fraction of sp³-hybridized carbons (Fsp3) is 0.684. The molecule has 0 atom stereocenters. The van der Waals surface area contributed by atoms with Crippen molar-refractivity contribution in [2.75, 3.05) is 0 Å². The Kier molecular flexibility index (Phi) is 12.7. The Hall–Kier alpha value is 0.0187. The zero-order valence-electron chi connectivity index (χ0n) is 14.4. The molecule has 0 bridgehead atoms. The molecule has 0 heterocycles. The van der Waals surface area contributed by atoms with Gasteiger partial charge in [-0.15, -0.1) is 0 Å². The summed E-state index contributed by atoms with van der Waals surface area (Å²) in [5.41, 5.74) is 1.28. The second-order valence-corrected chi connectivity index (χ2v) is 19.2. The molecule has 0 spiro atoms. The van der Waals surface area contributed by atoms with Crippen molar-refractivity contribution in [2.24, 2.45) is 0 Å². The Labute approximate surface area is 132 Å². The molecule has 0 aliphatic heterocycles. The van der Waals surface area contributed by atoms with Crippen LogP contribution >= 0.6 is 0 Å². The Morgan fingerprint density at radius 1 is 0.900 bits per heavy atom. The van der Waals surface area contributed by atoms with Crippen molar-refractivity contribution in [3.8, 4) is 0 Å². The molecule has 0 saturated carbocycles. The first kappa shape index (κ1) is 20.0. The Morgan fingerprint density at radius 2 is 1.35 bits per heavy atom. The molecule has 0 aromatic rings. The van der Waals surface area contributed by atoms with Crippen LogP contribution in [0.5, 0.6) is 0 Å². The van der Waals surface area contributed by atoms with Gasteiger partial charge in [0.05, 0.1) is 0 Å². The summed E-state index contributed by atoms with van der Waals surface area (Å²) in [6, 6.07) is 0. The molecule has 1 heteroatoms. The van der Waals surface area contributed by atoms with Gasteiger partial charge in [-0.25, -0.2) is 0 Å². The molecule has 0 aliphatic rings. The summed E-state index contributed by atoms with van der Waals surface area (Å²) in [4.78, 5) is 0. The van der Waals surface area contributed by atoms with Crippen molar-refractivity contribution in [1.82, 2.24) is 0 Å². The van der Waals surface area contributed by atoms with Crippen molar-refractivity contribution in [3.63, 3.8) is 0 Å². The summed E-state index contributed by atoms with van der Waals surface area (Å²) in [6.07, 6.45) is 15.0. The van der Waals surface area contributed by atoms with Crippen LogP contribution in [-0.2, 0) is 0 Å². The average molecular weight is 383 g/mol. The SMILES string of the molecule is C=C/C(C)=C/C=[CH]/[Sn]([CH2]CCC)([CH2]CCC)[CH2]CCC. The molecule has 0 unspecified atom stereocenters. The molecule has 0 aromatic heterocycles. The molecule has 0 saturated heterocycles. The standard InChI is InChI=1S/C7H9.3C4H9.Sn/c1-4-6-7(3)5-2;3*1-3-4-2;/h1,4-6H,2H2,3H3;3*1,3-4H2,2H3;/b4-1?,7-6+;;;;. The van der Waals surface area contributed by atoms with Crippen molar-refractivity contribution in [3.05, 3.63) is 34.5 Å². The van der Waals surface area contributed by atoms with Gasteiger partial charge in [0.15, 0.2) is 0 Å². The zero-order valence-corrected chi connectivity index (χ0v) is 17.2. The summed E-state index contributed by atoms with van der Waals surface area (Å²) in [6.45, 7) is 13.0. The van der Waals surface area contributed by atoms with Gasteiger partial charge >= 0.3 is 132 Å². The first-order chi connectivity index (χ1) is 9.64. The average Bonchev–Trinajstić information content (AvgIpc) is 2.48. The number of hydrogen-bond donors (Lipinski definition) is 0. The summed E-state index contributed by atoms with van der Waals surface area (Å²) in [5, 5.41) is 0. The monoisotopic (exact) mass is 384 g/mol. The van der Waals surface area contributed by atoms with Crippen LogP contribution < -0.4 is 0 Å². The van der Waals surface area contributed by atoms with E-state index in [0.717, 1.165) is 0 Å². The molecule has 116 valence electrons. The van der Waals surface area contributed by atoms with Gasteiger partial charge < -0.3 is 0 Å². The maximum absolute atomic E-state index is 3.84. The van der Waals surface area contributed by atoms with Gasteiger partial charge in [-0.1, -0.05) is 0 Å². The van der Waals surface area contributed by atoms with E-state index in [0.29, 0.717) is 0 Å².